The van der Waals surface area contributed by atoms with Gasteiger partial charge in [-0.3, -0.25) is 4.68 Å². The highest BCUT2D eigenvalue weighted by Gasteiger charge is 2.14. The van der Waals surface area contributed by atoms with Crippen LogP contribution in [0.15, 0.2) is 41.1 Å². The van der Waals surface area contributed by atoms with E-state index in [9.17, 15) is 0 Å². The van der Waals surface area contributed by atoms with Gasteiger partial charge in [-0.05, 0) is 43.5 Å². The molecule has 3 rings (SSSR count). The van der Waals surface area contributed by atoms with Crippen LogP contribution in [0, 0.1) is 5.92 Å². The van der Waals surface area contributed by atoms with Crippen molar-refractivity contribution in [3.05, 3.63) is 41.1 Å². The molecule has 3 nitrogen and oxygen atoms in total. The normalized spacial score (nSPS) is 19.5. The van der Waals surface area contributed by atoms with Gasteiger partial charge in [-0.2, -0.15) is 5.10 Å². The molecular formula is C15H18BrN3. The monoisotopic (exact) mass is 319 g/mol. The quantitative estimate of drug-likeness (QED) is 0.940. The fourth-order valence-corrected chi connectivity index (χ4v) is 3.16. The molecule has 1 unspecified atom stereocenters. The third-order valence-electron chi connectivity index (χ3n) is 3.66. The van der Waals surface area contributed by atoms with E-state index in [0.29, 0.717) is 5.92 Å². The molecule has 0 bridgehead atoms. The predicted octanol–water partition coefficient (Wildman–Crippen LogP) is 3.31. The zero-order chi connectivity index (χ0) is 13.1. The highest BCUT2D eigenvalue weighted by molar-refractivity contribution is 9.10. The number of hydrogen-bond donors (Lipinski definition) is 1. The summed E-state index contributed by atoms with van der Waals surface area (Å²) in [5.74, 6) is 0.709. The van der Waals surface area contributed by atoms with E-state index in [-0.39, 0.29) is 0 Å². The van der Waals surface area contributed by atoms with Gasteiger partial charge < -0.3 is 5.32 Å². The molecule has 4 heteroatoms. The van der Waals surface area contributed by atoms with Crippen LogP contribution in [0.2, 0.25) is 0 Å². The highest BCUT2D eigenvalue weighted by Crippen LogP contribution is 2.27. The van der Waals surface area contributed by atoms with E-state index < -0.39 is 0 Å². The zero-order valence-corrected chi connectivity index (χ0v) is 12.4. The minimum atomic E-state index is 0.709. The van der Waals surface area contributed by atoms with Gasteiger partial charge in [0, 0.05) is 22.8 Å². The summed E-state index contributed by atoms with van der Waals surface area (Å²) in [7, 11) is 0. The number of hydrogen-bond acceptors (Lipinski definition) is 2. The number of piperidine rings is 1. The van der Waals surface area contributed by atoms with E-state index in [4.69, 9.17) is 0 Å². The molecule has 1 aliphatic heterocycles. The third kappa shape index (κ3) is 3.07. The Morgan fingerprint density at radius 1 is 1.37 bits per heavy atom. The first-order valence-electron chi connectivity index (χ1n) is 6.81. The maximum atomic E-state index is 4.50. The Morgan fingerprint density at radius 3 is 3.05 bits per heavy atom. The molecule has 0 saturated carbocycles. The Hall–Kier alpha value is -1.13. The summed E-state index contributed by atoms with van der Waals surface area (Å²) in [6.07, 6.45) is 6.69. The molecule has 0 amide bonds. The second kappa shape index (κ2) is 5.88. The Labute approximate surface area is 122 Å². The van der Waals surface area contributed by atoms with E-state index in [1.807, 2.05) is 12.3 Å². The third-order valence-corrected chi connectivity index (χ3v) is 4.35. The van der Waals surface area contributed by atoms with E-state index in [1.54, 1.807) is 0 Å². The first-order chi connectivity index (χ1) is 9.33. The summed E-state index contributed by atoms with van der Waals surface area (Å²) in [4.78, 5) is 0. The summed E-state index contributed by atoms with van der Waals surface area (Å²) in [5.41, 5.74) is 2.38. The smallest absolute Gasteiger partial charge is 0.0568 e. The molecular weight excluding hydrogens is 302 g/mol. The lowest BCUT2D eigenvalue weighted by molar-refractivity contribution is 0.325. The van der Waals surface area contributed by atoms with E-state index >= 15 is 0 Å². The molecule has 1 aliphatic rings. The van der Waals surface area contributed by atoms with Gasteiger partial charge in [0.1, 0.15) is 0 Å². The van der Waals surface area contributed by atoms with Gasteiger partial charge in [0.2, 0.25) is 0 Å². The Bertz CT molecular complexity index is 544. The maximum Gasteiger partial charge on any atom is 0.0568 e. The van der Waals surface area contributed by atoms with Gasteiger partial charge in [-0.1, -0.05) is 34.1 Å². The summed E-state index contributed by atoms with van der Waals surface area (Å²) >= 11 is 3.59. The highest BCUT2D eigenvalue weighted by atomic mass is 79.9. The SMILES string of the molecule is Brc1ccccc1-c1cnn(CC2CCCNC2)c1. The topological polar surface area (TPSA) is 29.9 Å². The molecule has 1 N–H and O–H groups in total. The first kappa shape index (κ1) is 12.9. The molecule has 2 heterocycles. The van der Waals surface area contributed by atoms with Gasteiger partial charge >= 0.3 is 0 Å². The number of nitrogens with one attached hydrogen (secondary N) is 1. The van der Waals surface area contributed by atoms with Crippen molar-refractivity contribution in [1.29, 1.82) is 0 Å². The summed E-state index contributed by atoms with van der Waals surface area (Å²) in [6, 6.07) is 8.28. The second-order valence-electron chi connectivity index (χ2n) is 5.14. The van der Waals surface area contributed by atoms with E-state index in [1.165, 1.54) is 24.0 Å². The van der Waals surface area contributed by atoms with E-state index in [2.05, 4.69) is 55.4 Å². The maximum absolute atomic E-state index is 4.50. The van der Waals surface area contributed by atoms with E-state index in [0.717, 1.165) is 24.1 Å². The number of benzene rings is 1. The summed E-state index contributed by atoms with van der Waals surface area (Å²) in [6.45, 7) is 3.29. The number of rotatable bonds is 3. The molecule has 0 aliphatic carbocycles. The Kier molecular flexibility index (Phi) is 3.99. The van der Waals surface area contributed by atoms with Crippen molar-refractivity contribution < 1.29 is 0 Å². The minimum absolute atomic E-state index is 0.709. The van der Waals surface area contributed by atoms with Crippen molar-refractivity contribution in [2.45, 2.75) is 19.4 Å². The standard InChI is InChI=1S/C15H18BrN3/c16-15-6-2-1-5-14(15)13-9-18-19(11-13)10-12-4-3-7-17-8-12/h1-2,5-6,9,11-12,17H,3-4,7-8,10H2. The van der Waals surface area contributed by atoms with Gasteiger partial charge in [-0.15, -0.1) is 0 Å². The van der Waals surface area contributed by atoms with Crippen LogP contribution in [0.4, 0.5) is 0 Å². The van der Waals surface area contributed by atoms with Crippen LogP contribution in [0.5, 0.6) is 0 Å². The van der Waals surface area contributed by atoms with Crippen LogP contribution in [0.3, 0.4) is 0 Å². The molecule has 1 aromatic carbocycles. The Morgan fingerprint density at radius 2 is 2.26 bits per heavy atom. The number of halogens is 1. The van der Waals surface area contributed by atoms with Gasteiger partial charge in [-0.25, -0.2) is 0 Å². The van der Waals surface area contributed by atoms with Crippen LogP contribution < -0.4 is 5.32 Å². The molecule has 2 aromatic rings. The van der Waals surface area contributed by atoms with Crippen LogP contribution in [-0.4, -0.2) is 22.9 Å². The van der Waals surface area contributed by atoms with Gasteiger partial charge in [0.05, 0.1) is 6.20 Å². The Balaban J connectivity index is 1.74. The average molecular weight is 320 g/mol. The van der Waals surface area contributed by atoms with Gasteiger partial charge in [0.15, 0.2) is 0 Å². The molecule has 0 spiro atoms. The zero-order valence-electron chi connectivity index (χ0n) is 10.8. The molecule has 1 saturated heterocycles. The van der Waals surface area contributed by atoms with Crippen LogP contribution in [-0.2, 0) is 6.54 Å². The molecule has 1 atom stereocenters. The van der Waals surface area contributed by atoms with Crippen molar-refractivity contribution in [2.24, 2.45) is 5.92 Å². The minimum Gasteiger partial charge on any atom is -0.316 e. The largest absolute Gasteiger partial charge is 0.316 e. The van der Waals surface area contributed by atoms with Crippen LogP contribution >= 0.6 is 15.9 Å². The first-order valence-corrected chi connectivity index (χ1v) is 7.60. The number of aromatic nitrogens is 2. The fraction of sp³-hybridized carbons (Fsp3) is 0.400. The second-order valence-corrected chi connectivity index (χ2v) is 6.00. The predicted molar refractivity (Wildman–Crippen MR) is 81.0 cm³/mol. The van der Waals surface area contributed by atoms with Crippen molar-refractivity contribution >= 4 is 15.9 Å². The fourth-order valence-electron chi connectivity index (χ4n) is 2.64. The summed E-state index contributed by atoms with van der Waals surface area (Å²) < 4.78 is 3.20. The van der Waals surface area contributed by atoms with Crippen LogP contribution in [0.25, 0.3) is 11.1 Å². The molecule has 1 aromatic heterocycles. The summed E-state index contributed by atoms with van der Waals surface area (Å²) in [5, 5.41) is 7.95. The van der Waals surface area contributed by atoms with Crippen molar-refractivity contribution in [3.63, 3.8) is 0 Å². The van der Waals surface area contributed by atoms with Crippen molar-refractivity contribution in [1.82, 2.24) is 15.1 Å². The lowest BCUT2D eigenvalue weighted by Crippen LogP contribution is -2.32. The van der Waals surface area contributed by atoms with Gasteiger partial charge in [0.25, 0.3) is 0 Å². The lowest BCUT2D eigenvalue weighted by atomic mass is 10.00. The van der Waals surface area contributed by atoms with Crippen LogP contribution in [0.1, 0.15) is 12.8 Å². The lowest BCUT2D eigenvalue weighted by Gasteiger charge is -2.22. The molecule has 1 fully saturated rings. The number of nitrogens with zero attached hydrogens (tertiary/aromatic N) is 2. The molecule has 0 radical (unpaired) electrons. The van der Waals surface area contributed by atoms with Crippen molar-refractivity contribution in [2.75, 3.05) is 13.1 Å². The molecule has 100 valence electrons. The van der Waals surface area contributed by atoms with Crippen molar-refractivity contribution in [3.8, 4) is 11.1 Å². The molecule has 19 heavy (non-hydrogen) atoms. The average Bonchev–Trinajstić information content (AvgIpc) is 2.89.